The Bertz CT molecular complexity index is 951. The molecule has 0 spiro atoms. The van der Waals surface area contributed by atoms with Crippen LogP contribution in [-0.2, 0) is 16.1 Å². The van der Waals surface area contributed by atoms with Gasteiger partial charge in [-0.05, 0) is 50.3 Å². The minimum absolute atomic E-state index is 0.0607. The Labute approximate surface area is 185 Å². The maximum absolute atomic E-state index is 13.1. The molecule has 3 heterocycles. The highest BCUT2D eigenvalue weighted by molar-refractivity contribution is 7.99. The number of nitrogens with zero attached hydrogens (tertiary/aromatic N) is 4. The summed E-state index contributed by atoms with van der Waals surface area (Å²) < 4.78 is 7.96. The first-order chi connectivity index (χ1) is 14.6. The predicted molar refractivity (Wildman–Crippen MR) is 122 cm³/mol. The van der Waals surface area contributed by atoms with Gasteiger partial charge in [0.15, 0.2) is 11.0 Å². The molecule has 3 aromatic rings. The van der Waals surface area contributed by atoms with E-state index in [1.807, 2.05) is 60.5 Å². The van der Waals surface area contributed by atoms with E-state index in [9.17, 15) is 4.79 Å². The maximum Gasteiger partial charge on any atom is 0.237 e. The van der Waals surface area contributed by atoms with Gasteiger partial charge in [-0.2, -0.15) is 0 Å². The van der Waals surface area contributed by atoms with Gasteiger partial charge >= 0.3 is 0 Å². The molecule has 0 radical (unpaired) electrons. The zero-order valence-corrected chi connectivity index (χ0v) is 18.9. The summed E-state index contributed by atoms with van der Waals surface area (Å²) in [4.78, 5) is 16.0. The van der Waals surface area contributed by atoms with Crippen LogP contribution in [0.1, 0.15) is 26.7 Å². The molecule has 0 aliphatic carbocycles. The highest BCUT2D eigenvalue weighted by Crippen LogP contribution is 2.29. The van der Waals surface area contributed by atoms with Crippen molar-refractivity contribution in [2.24, 2.45) is 0 Å². The molecule has 0 saturated carbocycles. The van der Waals surface area contributed by atoms with Gasteiger partial charge < -0.3 is 9.64 Å². The van der Waals surface area contributed by atoms with Crippen LogP contribution in [0.2, 0.25) is 0 Å². The number of thioether (sulfide) groups is 1. The van der Waals surface area contributed by atoms with E-state index in [0.717, 1.165) is 41.0 Å². The van der Waals surface area contributed by atoms with E-state index in [1.54, 1.807) is 11.3 Å². The second-order valence-electron chi connectivity index (χ2n) is 7.51. The van der Waals surface area contributed by atoms with Crippen molar-refractivity contribution in [2.75, 3.05) is 17.3 Å². The molecule has 1 aliphatic heterocycles. The second kappa shape index (κ2) is 9.76. The lowest BCUT2D eigenvalue weighted by Crippen LogP contribution is -2.38. The number of hydrogen-bond donors (Lipinski definition) is 0. The first-order valence-electron chi connectivity index (χ1n) is 10.2. The Kier molecular flexibility index (Phi) is 6.86. The van der Waals surface area contributed by atoms with Crippen LogP contribution in [0.3, 0.4) is 0 Å². The van der Waals surface area contributed by atoms with Crippen LogP contribution in [0.25, 0.3) is 10.7 Å². The van der Waals surface area contributed by atoms with Crippen molar-refractivity contribution in [2.45, 2.75) is 50.5 Å². The van der Waals surface area contributed by atoms with Gasteiger partial charge in [0.05, 0.1) is 23.3 Å². The van der Waals surface area contributed by atoms with Gasteiger partial charge in [0.1, 0.15) is 0 Å². The molecule has 2 aromatic heterocycles. The smallest absolute Gasteiger partial charge is 0.237 e. The zero-order chi connectivity index (χ0) is 20.9. The van der Waals surface area contributed by atoms with Gasteiger partial charge in [-0.15, -0.1) is 21.5 Å². The first-order valence-corrected chi connectivity index (χ1v) is 12.1. The van der Waals surface area contributed by atoms with Gasteiger partial charge in [-0.1, -0.05) is 36.0 Å². The first kappa shape index (κ1) is 21.1. The molecule has 1 amide bonds. The summed E-state index contributed by atoms with van der Waals surface area (Å²) in [6, 6.07) is 14.0. The van der Waals surface area contributed by atoms with E-state index in [-0.39, 0.29) is 18.1 Å². The molecule has 6 nitrogen and oxygen atoms in total. The van der Waals surface area contributed by atoms with Crippen molar-refractivity contribution < 1.29 is 9.53 Å². The lowest BCUT2D eigenvalue weighted by molar-refractivity contribution is -0.116. The Hall–Kier alpha value is -2.16. The van der Waals surface area contributed by atoms with Crippen LogP contribution in [-0.4, -0.2) is 45.2 Å². The molecule has 30 heavy (non-hydrogen) atoms. The average Bonchev–Trinajstić information content (AvgIpc) is 3.50. The number of anilines is 1. The lowest BCUT2D eigenvalue weighted by Gasteiger charge is -2.26. The molecule has 0 N–H and O–H groups in total. The van der Waals surface area contributed by atoms with E-state index in [0.29, 0.717) is 12.3 Å². The number of benzene rings is 1. The molecular formula is C22H26N4O2S2. The van der Waals surface area contributed by atoms with Crippen LogP contribution < -0.4 is 4.90 Å². The standard InChI is InChI=1S/C22H26N4O2S2/c1-16(2)26(17-8-4-3-5-9-17)20(27)15-30-22-24-23-21(19-11-7-13-29-19)25(22)14-18-10-6-12-28-18/h3-5,7-9,11,13,16,18H,6,10,12,14-15H2,1-2H3. The molecule has 1 aromatic carbocycles. The average molecular weight is 443 g/mol. The van der Waals surface area contributed by atoms with E-state index in [2.05, 4.69) is 20.8 Å². The van der Waals surface area contributed by atoms with E-state index >= 15 is 0 Å². The Balaban J connectivity index is 1.53. The summed E-state index contributed by atoms with van der Waals surface area (Å²) >= 11 is 3.09. The molecule has 1 fully saturated rings. The van der Waals surface area contributed by atoms with Crippen molar-refractivity contribution in [3.8, 4) is 10.7 Å². The summed E-state index contributed by atoms with van der Waals surface area (Å²) in [6.45, 7) is 5.58. The van der Waals surface area contributed by atoms with Crippen molar-refractivity contribution in [3.63, 3.8) is 0 Å². The largest absolute Gasteiger partial charge is 0.376 e. The Morgan fingerprint density at radius 1 is 1.27 bits per heavy atom. The van der Waals surface area contributed by atoms with Crippen LogP contribution in [0.4, 0.5) is 5.69 Å². The highest BCUT2D eigenvalue weighted by atomic mass is 32.2. The summed E-state index contributed by atoms with van der Waals surface area (Å²) in [7, 11) is 0. The Morgan fingerprint density at radius 3 is 2.77 bits per heavy atom. The molecule has 0 bridgehead atoms. The highest BCUT2D eigenvalue weighted by Gasteiger charge is 2.24. The monoisotopic (exact) mass is 442 g/mol. The van der Waals surface area contributed by atoms with E-state index in [1.165, 1.54) is 11.8 Å². The molecule has 1 atom stereocenters. The number of ether oxygens (including phenoxy) is 1. The van der Waals surface area contributed by atoms with Crippen LogP contribution in [0, 0.1) is 0 Å². The number of para-hydroxylation sites is 1. The third-order valence-corrected chi connectivity index (χ3v) is 6.83. The fourth-order valence-corrected chi connectivity index (χ4v) is 5.18. The number of aromatic nitrogens is 3. The van der Waals surface area contributed by atoms with Gasteiger partial charge in [-0.3, -0.25) is 9.36 Å². The lowest BCUT2D eigenvalue weighted by atomic mass is 10.2. The maximum atomic E-state index is 13.1. The van der Waals surface area contributed by atoms with Crippen molar-refractivity contribution in [3.05, 3.63) is 47.8 Å². The van der Waals surface area contributed by atoms with Crippen molar-refractivity contribution >= 4 is 34.7 Å². The number of carbonyl (C=O) groups excluding carboxylic acids is 1. The van der Waals surface area contributed by atoms with E-state index in [4.69, 9.17) is 4.74 Å². The quantitative estimate of drug-likeness (QED) is 0.473. The number of amides is 1. The fourth-order valence-electron chi connectivity index (χ4n) is 3.65. The van der Waals surface area contributed by atoms with Gasteiger partial charge in [0.2, 0.25) is 5.91 Å². The topological polar surface area (TPSA) is 60.2 Å². The molecule has 1 saturated heterocycles. The van der Waals surface area contributed by atoms with Crippen molar-refractivity contribution in [1.29, 1.82) is 0 Å². The van der Waals surface area contributed by atoms with Crippen LogP contribution >= 0.6 is 23.1 Å². The Morgan fingerprint density at radius 2 is 2.10 bits per heavy atom. The van der Waals surface area contributed by atoms with Gasteiger partial charge in [0.25, 0.3) is 0 Å². The van der Waals surface area contributed by atoms with Gasteiger partial charge in [0, 0.05) is 18.3 Å². The number of rotatable bonds is 8. The van der Waals surface area contributed by atoms with Crippen LogP contribution in [0.5, 0.6) is 0 Å². The molecular weight excluding hydrogens is 416 g/mol. The molecule has 1 unspecified atom stereocenters. The minimum Gasteiger partial charge on any atom is -0.376 e. The third-order valence-electron chi connectivity index (χ3n) is 5.01. The molecule has 8 heteroatoms. The van der Waals surface area contributed by atoms with Crippen molar-refractivity contribution in [1.82, 2.24) is 14.8 Å². The van der Waals surface area contributed by atoms with Gasteiger partial charge in [-0.25, -0.2) is 0 Å². The van der Waals surface area contributed by atoms with Crippen LogP contribution in [0.15, 0.2) is 53.0 Å². The summed E-state index contributed by atoms with van der Waals surface area (Å²) in [6.07, 6.45) is 2.30. The number of carbonyl (C=O) groups is 1. The summed E-state index contributed by atoms with van der Waals surface area (Å²) in [5.74, 6) is 1.21. The zero-order valence-electron chi connectivity index (χ0n) is 17.2. The SMILES string of the molecule is CC(C)N(C(=O)CSc1nnc(-c2cccs2)n1CC1CCCO1)c1ccccc1. The molecule has 1 aliphatic rings. The second-order valence-corrected chi connectivity index (χ2v) is 9.40. The summed E-state index contributed by atoms with van der Waals surface area (Å²) in [5, 5.41) is 11.7. The third kappa shape index (κ3) is 4.77. The molecule has 158 valence electrons. The predicted octanol–water partition coefficient (Wildman–Crippen LogP) is 4.72. The fraction of sp³-hybridized carbons (Fsp3) is 0.409. The number of hydrogen-bond acceptors (Lipinski definition) is 6. The number of thiophene rings is 1. The normalized spacial score (nSPS) is 16.3. The van der Waals surface area contributed by atoms with E-state index < -0.39 is 0 Å². The summed E-state index contributed by atoms with van der Waals surface area (Å²) in [5.41, 5.74) is 0.915. The minimum atomic E-state index is 0.0607. The molecule has 4 rings (SSSR count).